The van der Waals surface area contributed by atoms with Crippen molar-refractivity contribution in [3.05, 3.63) is 69.2 Å². The van der Waals surface area contributed by atoms with Crippen molar-refractivity contribution < 1.29 is 23.9 Å². The van der Waals surface area contributed by atoms with E-state index in [1.54, 1.807) is 48.6 Å². The number of carbonyl (C=O) groups is 3. The topological polar surface area (TPSA) is 84.9 Å². The first kappa shape index (κ1) is 23.9. The number of nitrogens with zero attached hydrogens (tertiary/aromatic N) is 1. The Bertz CT molecular complexity index is 1070. The third kappa shape index (κ3) is 6.13. The Kier molecular flexibility index (Phi) is 8.34. The minimum atomic E-state index is -0.496. The Balaban J connectivity index is 1.64. The molecule has 0 radical (unpaired) electrons. The monoisotopic (exact) mass is 564 g/mol. The maximum Gasteiger partial charge on any atom is 0.294 e. The number of benzene rings is 2. The van der Waals surface area contributed by atoms with E-state index in [1.807, 2.05) is 13.0 Å². The van der Waals surface area contributed by atoms with Crippen LogP contribution in [0.1, 0.15) is 12.5 Å². The molecule has 1 heterocycles. The first-order valence-corrected chi connectivity index (χ1v) is 11.6. The number of anilines is 1. The third-order valence-electron chi connectivity index (χ3n) is 4.23. The van der Waals surface area contributed by atoms with Crippen molar-refractivity contribution in [3.63, 3.8) is 0 Å². The maximum atomic E-state index is 12.7. The van der Waals surface area contributed by atoms with Crippen molar-refractivity contribution in [2.24, 2.45) is 0 Å². The molecule has 3 amide bonds. The molecular formula is C23H21IN2O5S. The Morgan fingerprint density at radius 1 is 1.19 bits per heavy atom. The van der Waals surface area contributed by atoms with Crippen molar-refractivity contribution in [2.45, 2.75) is 6.92 Å². The first-order chi connectivity index (χ1) is 15.4. The van der Waals surface area contributed by atoms with Crippen LogP contribution in [0.2, 0.25) is 0 Å². The molecule has 1 fully saturated rings. The van der Waals surface area contributed by atoms with Gasteiger partial charge in [-0.25, -0.2) is 0 Å². The number of rotatable bonds is 9. The molecule has 0 bridgehead atoms. The Morgan fingerprint density at radius 2 is 1.94 bits per heavy atom. The fourth-order valence-corrected chi connectivity index (χ4v) is 4.34. The van der Waals surface area contributed by atoms with Gasteiger partial charge in [-0.05, 0) is 89.3 Å². The molecule has 166 valence electrons. The summed E-state index contributed by atoms with van der Waals surface area (Å²) >= 11 is 2.95. The molecule has 1 saturated heterocycles. The van der Waals surface area contributed by atoms with Crippen LogP contribution in [0.3, 0.4) is 0 Å². The standard InChI is InChI=1S/C23H21IN2O5S/c1-3-11-31-19-10-5-15(12-18(19)24)13-20-22(28)26(23(29)32-20)14-21(27)25-16-6-8-17(9-7-16)30-4-2/h3,5-10,12-13H,1,4,11,14H2,2H3,(H,25,27)/b20-13+. The van der Waals surface area contributed by atoms with Gasteiger partial charge in [0.1, 0.15) is 24.7 Å². The van der Waals surface area contributed by atoms with Crippen molar-refractivity contribution in [2.75, 3.05) is 25.1 Å². The molecule has 2 aromatic rings. The molecule has 0 unspecified atom stereocenters. The maximum absolute atomic E-state index is 12.7. The summed E-state index contributed by atoms with van der Waals surface area (Å²) in [6.45, 7) is 6.09. The lowest BCUT2D eigenvalue weighted by Crippen LogP contribution is -2.36. The van der Waals surface area contributed by atoms with Crippen molar-refractivity contribution >= 4 is 63.2 Å². The molecule has 0 saturated carbocycles. The average molecular weight is 564 g/mol. The summed E-state index contributed by atoms with van der Waals surface area (Å²) in [5, 5.41) is 2.20. The van der Waals surface area contributed by atoms with Gasteiger partial charge in [0.05, 0.1) is 15.1 Å². The number of carbonyl (C=O) groups excluding carboxylic acids is 3. The van der Waals surface area contributed by atoms with Gasteiger partial charge >= 0.3 is 0 Å². The molecule has 32 heavy (non-hydrogen) atoms. The lowest BCUT2D eigenvalue weighted by molar-refractivity contribution is -0.127. The van der Waals surface area contributed by atoms with Crippen LogP contribution >= 0.6 is 34.4 Å². The van der Waals surface area contributed by atoms with Crippen LogP contribution in [0.5, 0.6) is 11.5 Å². The van der Waals surface area contributed by atoms with Gasteiger partial charge in [-0.1, -0.05) is 18.7 Å². The molecule has 1 aliphatic rings. The van der Waals surface area contributed by atoms with E-state index in [-0.39, 0.29) is 11.4 Å². The van der Waals surface area contributed by atoms with Crippen LogP contribution in [0.25, 0.3) is 6.08 Å². The second-order valence-electron chi connectivity index (χ2n) is 6.56. The minimum absolute atomic E-state index is 0.263. The number of imide groups is 1. The molecule has 3 rings (SSSR count). The van der Waals surface area contributed by atoms with Gasteiger partial charge < -0.3 is 14.8 Å². The normalized spacial score (nSPS) is 14.6. The van der Waals surface area contributed by atoms with Gasteiger partial charge in [0.25, 0.3) is 11.1 Å². The van der Waals surface area contributed by atoms with Gasteiger partial charge in [0, 0.05) is 5.69 Å². The second kappa shape index (κ2) is 11.2. The van der Waals surface area contributed by atoms with E-state index in [1.165, 1.54) is 0 Å². The molecule has 0 spiro atoms. The number of thioether (sulfide) groups is 1. The summed E-state index contributed by atoms with van der Waals surface area (Å²) < 4.78 is 11.8. The van der Waals surface area contributed by atoms with Crippen LogP contribution in [-0.4, -0.2) is 41.7 Å². The first-order valence-electron chi connectivity index (χ1n) is 9.72. The van der Waals surface area contributed by atoms with Gasteiger partial charge in [-0.3, -0.25) is 19.3 Å². The predicted molar refractivity (Wildman–Crippen MR) is 134 cm³/mol. The molecular weight excluding hydrogens is 543 g/mol. The highest BCUT2D eigenvalue weighted by molar-refractivity contribution is 14.1. The fraction of sp³-hybridized carbons (Fsp3) is 0.174. The summed E-state index contributed by atoms with van der Waals surface area (Å²) in [6, 6.07) is 12.3. The fourth-order valence-electron chi connectivity index (χ4n) is 2.81. The van der Waals surface area contributed by atoms with Crippen LogP contribution in [0.4, 0.5) is 10.5 Å². The zero-order chi connectivity index (χ0) is 23.1. The predicted octanol–water partition coefficient (Wildman–Crippen LogP) is 4.93. The lowest BCUT2D eigenvalue weighted by Gasteiger charge is -2.12. The van der Waals surface area contributed by atoms with Crippen LogP contribution in [-0.2, 0) is 9.59 Å². The molecule has 2 aromatic carbocycles. The highest BCUT2D eigenvalue weighted by atomic mass is 127. The number of nitrogens with one attached hydrogen (secondary N) is 1. The van der Waals surface area contributed by atoms with Crippen LogP contribution in [0, 0.1) is 3.57 Å². The highest BCUT2D eigenvalue weighted by Crippen LogP contribution is 2.33. The zero-order valence-corrected chi connectivity index (χ0v) is 20.3. The van der Waals surface area contributed by atoms with Crippen molar-refractivity contribution in [3.8, 4) is 11.5 Å². The number of hydrogen-bond acceptors (Lipinski definition) is 6. The van der Waals surface area contributed by atoms with Crippen LogP contribution < -0.4 is 14.8 Å². The Labute approximate surface area is 204 Å². The van der Waals surface area contributed by atoms with Gasteiger partial charge in [-0.15, -0.1) is 0 Å². The minimum Gasteiger partial charge on any atom is -0.494 e. The van der Waals surface area contributed by atoms with Gasteiger partial charge in [0.15, 0.2) is 0 Å². The molecule has 0 aliphatic carbocycles. The SMILES string of the molecule is C=CCOc1ccc(/C=C2/SC(=O)N(CC(=O)Nc3ccc(OCC)cc3)C2=O)cc1I. The van der Waals surface area contributed by atoms with Crippen LogP contribution in [0.15, 0.2) is 60.0 Å². The molecule has 9 heteroatoms. The summed E-state index contributed by atoms with van der Waals surface area (Å²) in [5.41, 5.74) is 1.30. The number of halogens is 1. The highest BCUT2D eigenvalue weighted by Gasteiger charge is 2.36. The van der Waals surface area contributed by atoms with Crippen molar-refractivity contribution in [1.29, 1.82) is 0 Å². The van der Waals surface area contributed by atoms with E-state index in [9.17, 15) is 14.4 Å². The largest absolute Gasteiger partial charge is 0.494 e. The summed E-state index contributed by atoms with van der Waals surface area (Å²) in [6.07, 6.45) is 3.29. The second-order valence-corrected chi connectivity index (χ2v) is 8.72. The van der Waals surface area contributed by atoms with Crippen molar-refractivity contribution in [1.82, 2.24) is 4.90 Å². The van der Waals surface area contributed by atoms with E-state index in [2.05, 4.69) is 34.5 Å². The molecule has 0 aromatic heterocycles. The van der Waals surface area contributed by atoms with E-state index in [4.69, 9.17) is 9.47 Å². The van der Waals surface area contributed by atoms with E-state index in [0.717, 1.165) is 25.8 Å². The van der Waals surface area contributed by atoms with E-state index >= 15 is 0 Å². The third-order valence-corrected chi connectivity index (χ3v) is 5.99. The summed E-state index contributed by atoms with van der Waals surface area (Å²) in [4.78, 5) is 38.6. The Morgan fingerprint density at radius 3 is 2.59 bits per heavy atom. The lowest BCUT2D eigenvalue weighted by atomic mass is 10.2. The van der Waals surface area contributed by atoms with Gasteiger partial charge in [0.2, 0.25) is 5.91 Å². The van der Waals surface area contributed by atoms with Gasteiger partial charge in [-0.2, -0.15) is 0 Å². The molecule has 7 nitrogen and oxygen atoms in total. The number of ether oxygens (including phenoxy) is 2. The number of amides is 3. The zero-order valence-electron chi connectivity index (χ0n) is 17.3. The molecule has 0 atom stereocenters. The number of hydrogen-bond donors (Lipinski definition) is 1. The Hall–Kier alpha value is -2.79. The smallest absolute Gasteiger partial charge is 0.294 e. The average Bonchev–Trinajstić information content (AvgIpc) is 3.02. The summed E-state index contributed by atoms with van der Waals surface area (Å²) in [7, 11) is 0. The molecule has 1 aliphatic heterocycles. The molecule has 1 N–H and O–H groups in total. The van der Waals surface area contributed by atoms with E-state index in [0.29, 0.717) is 30.4 Å². The van der Waals surface area contributed by atoms with E-state index < -0.39 is 17.1 Å². The summed E-state index contributed by atoms with van der Waals surface area (Å²) in [5.74, 6) is 0.443. The quantitative estimate of drug-likeness (QED) is 0.264.